The Morgan fingerprint density at radius 3 is 2.27 bits per heavy atom. The second kappa shape index (κ2) is 5.82. The maximum absolute atomic E-state index is 12.8. The molecule has 0 atom stereocenters. The number of hydrogen-bond acceptors (Lipinski definition) is 2. The van der Waals surface area contributed by atoms with Gasteiger partial charge in [-0.1, -0.05) is 12.1 Å². The van der Waals surface area contributed by atoms with E-state index in [1.165, 1.54) is 9.58 Å². The Morgan fingerprint density at radius 1 is 1.23 bits per heavy atom. The first kappa shape index (κ1) is 16.1. The van der Waals surface area contributed by atoms with Gasteiger partial charge in [0.15, 0.2) is 5.69 Å². The van der Waals surface area contributed by atoms with Gasteiger partial charge in [0.1, 0.15) is 0 Å². The summed E-state index contributed by atoms with van der Waals surface area (Å²) in [5, 5.41) is 3.58. The summed E-state index contributed by atoms with van der Waals surface area (Å²) < 4.78 is 39.6. The molecule has 118 valence electrons. The van der Waals surface area contributed by atoms with Crippen molar-refractivity contribution in [2.75, 3.05) is 14.1 Å². The Bertz CT molecular complexity index is 672. The first-order chi connectivity index (χ1) is 10.2. The van der Waals surface area contributed by atoms with Crippen molar-refractivity contribution < 1.29 is 18.0 Å². The van der Waals surface area contributed by atoms with E-state index in [2.05, 4.69) is 5.10 Å². The molecule has 0 N–H and O–H groups in total. The van der Waals surface area contributed by atoms with E-state index >= 15 is 0 Å². The lowest BCUT2D eigenvalue weighted by Crippen LogP contribution is -2.21. The summed E-state index contributed by atoms with van der Waals surface area (Å²) in [6, 6.07) is 7.46. The predicted octanol–water partition coefficient (Wildman–Crippen LogP) is 3.29. The van der Waals surface area contributed by atoms with Gasteiger partial charge in [0.05, 0.1) is 5.69 Å². The van der Waals surface area contributed by atoms with Gasteiger partial charge in [-0.2, -0.15) is 18.3 Å². The van der Waals surface area contributed by atoms with E-state index < -0.39 is 11.9 Å². The molecule has 7 heteroatoms. The van der Waals surface area contributed by atoms with Gasteiger partial charge in [-0.05, 0) is 30.7 Å². The molecule has 0 radical (unpaired) electrons. The van der Waals surface area contributed by atoms with Crippen LogP contribution in [0.2, 0.25) is 0 Å². The molecule has 22 heavy (non-hydrogen) atoms. The first-order valence-corrected chi connectivity index (χ1v) is 6.71. The fourth-order valence-corrected chi connectivity index (χ4v) is 2.07. The number of benzene rings is 1. The normalized spacial score (nSPS) is 11.5. The molecule has 0 aliphatic carbocycles. The molecule has 2 rings (SSSR count). The minimum Gasteiger partial charge on any atom is -0.345 e. The SMILES string of the molecule is CCn1nc(C(F)(F)F)cc1-c1ccc(C(=O)N(C)C)cc1. The Morgan fingerprint density at radius 2 is 1.82 bits per heavy atom. The van der Waals surface area contributed by atoms with Gasteiger partial charge in [-0.25, -0.2) is 0 Å². The van der Waals surface area contributed by atoms with E-state index in [0.717, 1.165) is 6.07 Å². The van der Waals surface area contributed by atoms with Crippen molar-refractivity contribution in [3.63, 3.8) is 0 Å². The third kappa shape index (κ3) is 3.13. The van der Waals surface area contributed by atoms with Crippen molar-refractivity contribution >= 4 is 5.91 Å². The van der Waals surface area contributed by atoms with Gasteiger partial charge in [0, 0.05) is 26.2 Å². The largest absolute Gasteiger partial charge is 0.435 e. The zero-order valence-electron chi connectivity index (χ0n) is 12.5. The van der Waals surface area contributed by atoms with E-state index in [0.29, 0.717) is 23.4 Å². The number of alkyl halides is 3. The Labute approximate surface area is 126 Å². The molecule has 0 spiro atoms. The zero-order valence-corrected chi connectivity index (χ0v) is 12.5. The highest BCUT2D eigenvalue weighted by atomic mass is 19.4. The van der Waals surface area contributed by atoms with Crippen LogP contribution < -0.4 is 0 Å². The molecule has 2 aromatic rings. The van der Waals surface area contributed by atoms with Gasteiger partial charge in [0.25, 0.3) is 5.91 Å². The van der Waals surface area contributed by atoms with Crippen LogP contribution in [0.4, 0.5) is 13.2 Å². The molecule has 0 unspecified atom stereocenters. The standard InChI is InChI=1S/C15H16F3N3O/c1-4-21-12(9-13(19-21)15(16,17)18)10-5-7-11(8-6-10)14(22)20(2)3/h5-9H,4H2,1-3H3. The van der Waals surface area contributed by atoms with E-state index in [1.54, 1.807) is 45.3 Å². The van der Waals surface area contributed by atoms with Gasteiger partial charge in [-0.15, -0.1) is 0 Å². The molecule has 1 heterocycles. The van der Waals surface area contributed by atoms with Gasteiger partial charge in [-0.3, -0.25) is 9.48 Å². The number of hydrogen-bond donors (Lipinski definition) is 0. The Hall–Kier alpha value is -2.31. The lowest BCUT2D eigenvalue weighted by Gasteiger charge is -2.10. The summed E-state index contributed by atoms with van der Waals surface area (Å²) in [6.45, 7) is 2.05. The van der Waals surface area contributed by atoms with Crippen LogP contribution in [-0.2, 0) is 12.7 Å². The average Bonchev–Trinajstić information content (AvgIpc) is 2.90. The minimum absolute atomic E-state index is 0.161. The monoisotopic (exact) mass is 311 g/mol. The number of carbonyl (C=O) groups is 1. The molecule has 1 amide bonds. The third-order valence-electron chi connectivity index (χ3n) is 3.20. The fourth-order valence-electron chi connectivity index (χ4n) is 2.07. The maximum atomic E-state index is 12.8. The van der Waals surface area contributed by atoms with Crippen molar-refractivity contribution in [2.45, 2.75) is 19.6 Å². The van der Waals surface area contributed by atoms with Crippen molar-refractivity contribution in [1.82, 2.24) is 14.7 Å². The van der Waals surface area contributed by atoms with Crippen LogP contribution >= 0.6 is 0 Å². The van der Waals surface area contributed by atoms with Crippen LogP contribution in [0.3, 0.4) is 0 Å². The molecule has 0 aliphatic rings. The molecular weight excluding hydrogens is 295 g/mol. The molecule has 0 fully saturated rings. The zero-order chi connectivity index (χ0) is 16.5. The highest BCUT2D eigenvalue weighted by Crippen LogP contribution is 2.31. The number of aryl methyl sites for hydroxylation is 1. The summed E-state index contributed by atoms with van der Waals surface area (Å²) in [5.74, 6) is -0.161. The predicted molar refractivity (Wildman–Crippen MR) is 76.4 cm³/mol. The van der Waals surface area contributed by atoms with Gasteiger partial charge in [0.2, 0.25) is 0 Å². The average molecular weight is 311 g/mol. The van der Waals surface area contributed by atoms with Crippen LogP contribution in [0.25, 0.3) is 11.3 Å². The Kier molecular flexibility index (Phi) is 4.25. The topological polar surface area (TPSA) is 38.1 Å². The highest BCUT2D eigenvalue weighted by molar-refractivity contribution is 5.94. The van der Waals surface area contributed by atoms with E-state index in [-0.39, 0.29) is 5.91 Å². The molecule has 1 aromatic heterocycles. The van der Waals surface area contributed by atoms with Crippen LogP contribution in [0.15, 0.2) is 30.3 Å². The number of carbonyl (C=O) groups excluding carboxylic acids is 1. The number of aromatic nitrogens is 2. The van der Waals surface area contributed by atoms with Crippen molar-refractivity contribution in [3.05, 3.63) is 41.6 Å². The molecule has 0 aliphatic heterocycles. The Balaban J connectivity index is 2.40. The van der Waals surface area contributed by atoms with Crippen LogP contribution in [0.1, 0.15) is 23.0 Å². The number of rotatable bonds is 3. The van der Waals surface area contributed by atoms with Crippen LogP contribution in [0, 0.1) is 0 Å². The molecule has 1 aromatic carbocycles. The summed E-state index contributed by atoms with van der Waals surface area (Å²) in [5.41, 5.74) is 0.518. The second-order valence-corrected chi connectivity index (χ2v) is 5.01. The molecule has 4 nitrogen and oxygen atoms in total. The first-order valence-electron chi connectivity index (χ1n) is 6.71. The molecule has 0 bridgehead atoms. The lowest BCUT2D eigenvalue weighted by molar-refractivity contribution is -0.141. The van der Waals surface area contributed by atoms with Crippen LogP contribution in [0.5, 0.6) is 0 Å². The van der Waals surface area contributed by atoms with E-state index in [1.807, 2.05) is 0 Å². The molecule has 0 saturated carbocycles. The lowest BCUT2D eigenvalue weighted by atomic mass is 10.1. The van der Waals surface area contributed by atoms with Gasteiger partial charge >= 0.3 is 6.18 Å². The second-order valence-electron chi connectivity index (χ2n) is 5.01. The van der Waals surface area contributed by atoms with E-state index in [4.69, 9.17) is 0 Å². The number of halogens is 3. The van der Waals surface area contributed by atoms with Crippen molar-refractivity contribution in [3.8, 4) is 11.3 Å². The van der Waals surface area contributed by atoms with Crippen molar-refractivity contribution in [1.29, 1.82) is 0 Å². The summed E-state index contributed by atoms with van der Waals surface area (Å²) in [4.78, 5) is 13.2. The number of nitrogens with zero attached hydrogens (tertiary/aromatic N) is 3. The maximum Gasteiger partial charge on any atom is 0.435 e. The smallest absolute Gasteiger partial charge is 0.345 e. The quantitative estimate of drug-likeness (QED) is 0.872. The minimum atomic E-state index is -4.48. The summed E-state index contributed by atoms with van der Waals surface area (Å²) >= 11 is 0. The molecular formula is C15H16F3N3O. The highest BCUT2D eigenvalue weighted by Gasteiger charge is 2.34. The summed E-state index contributed by atoms with van der Waals surface area (Å²) in [7, 11) is 3.27. The summed E-state index contributed by atoms with van der Waals surface area (Å²) in [6.07, 6.45) is -4.48. The number of amides is 1. The fraction of sp³-hybridized carbons (Fsp3) is 0.333. The van der Waals surface area contributed by atoms with Gasteiger partial charge < -0.3 is 4.90 Å². The van der Waals surface area contributed by atoms with Crippen LogP contribution in [-0.4, -0.2) is 34.7 Å². The van der Waals surface area contributed by atoms with E-state index in [9.17, 15) is 18.0 Å². The van der Waals surface area contributed by atoms with Crippen molar-refractivity contribution in [2.24, 2.45) is 0 Å². The molecule has 0 saturated heterocycles. The third-order valence-corrected chi connectivity index (χ3v) is 3.20.